The molecule has 0 aliphatic carbocycles. The van der Waals surface area contributed by atoms with Gasteiger partial charge in [-0.2, -0.15) is 0 Å². The van der Waals surface area contributed by atoms with Crippen molar-refractivity contribution < 1.29 is 19.0 Å². The molecule has 0 fully saturated rings. The van der Waals surface area contributed by atoms with Gasteiger partial charge in [-0.25, -0.2) is 4.79 Å². The lowest BCUT2D eigenvalue weighted by Crippen LogP contribution is -2.26. The summed E-state index contributed by atoms with van der Waals surface area (Å²) in [5, 5.41) is 0. The zero-order valence-corrected chi connectivity index (χ0v) is 12.2. The zero-order valence-electron chi connectivity index (χ0n) is 12.2. The van der Waals surface area contributed by atoms with Crippen LogP contribution in [0.4, 0.5) is 0 Å². The monoisotopic (exact) mass is 258 g/mol. The van der Waals surface area contributed by atoms with Crippen LogP contribution in [0.2, 0.25) is 0 Å². The summed E-state index contributed by atoms with van der Waals surface area (Å²) in [4.78, 5) is 11.2. The van der Waals surface area contributed by atoms with Crippen LogP contribution in [0.15, 0.2) is 12.2 Å². The average molecular weight is 258 g/mol. The fraction of sp³-hybridized carbons (Fsp3) is 0.786. The van der Waals surface area contributed by atoms with Crippen LogP contribution in [0.5, 0.6) is 0 Å². The summed E-state index contributed by atoms with van der Waals surface area (Å²) < 4.78 is 16.1. The van der Waals surface area contributed by atoms with E-state index >= 15 is 0 Å². The van der Waals surface area contributed by atoms with Crippen molar-refractivity contribution >= 4 is 5.97 Å². The summed E-state index contributed by atoms with van der Waals surface area (Å²) in [6.45, 7) is 14.7. The van der Waals surface area contributed by atoms with Gasteiger partial charge >= 0.3 is 5.97 Å². The second-order valence-electron chi connectivity index (χ2n) is 5.07. The van der Waals surface area contributed by atoms with E-state index in [1.165, 1.54) is 0 Å². The first kappa shape index (κ1) is 17.1. The second kappa shape index (κ2) is 9.11. The third-order valence-electron chi connectivity index (χ3n) is 2.08. The summed E-state index contributed by atoms with van der Waals surface area (Å²) in [7, 11) is 0. The highest BCUT2D eigenvalue weighted by Crippen LogP contribution is 2.02. The van der Waals surface area contributed by atoms with Gasteiger partial charge in [-0.15, -0.1) is 0 Å². The molecule has 0 aromatic heterocycles. The molecular formula is C14H26O4. The molecule has 0 radical (unpaired) electrons. The minimum Gasteiger partial charge on any atom is -0.457 e. The van der Waals surface area contributed by atoms with Gasteiger partial charge in [0.15, 0.2) is 0 Å². The van der Waals surface area contributed by atoms with Crippen LogP contribution in [0.3, 0.4) is 0 Å². The summed E-state index contributed by atoms with van der Waals surface area (Å²) in [6.07, 6.45) is -0.281. The smallest absolute Gasteiger partial charge is 0.333 e. The molecule has 0 N–H and O–H groups in total. The van der Waals surface area contributed by atoms with Crippen LogP contribution in [0, 0.1) is 5.92 Å². The van der Waals surface area contributed by atoms with Crippen molar-refractivity contribution in [1.29, 1.82) is 0 Å². The van der Waals surface area contributed by atoms with E-state index in [0.29, 0.717) is 24.7 Å². The third kappa shape index (κ3) is 9.19. The average Bonchev–Trinajstić information content (AvgIpc) is 2.25. The number of ether oxygens (including phenoxy) is 3. The second-order valence-corrected chi connectivity index (χ2v) is 5.07. The molecule has 0 heterocycles. The third-order valence-corrected chi connectivity index (χ3v) is 2.08. The maximum atomic E-state index is 11.2. The van der Waals surface area contributed by atoms with Crippen LogP contribution < -0.4 is 0 Å². The molecule has 0 aliphatic heterocycles. The lowest BCUT2D eigenvalue weighted by molar-refractivity contribution is -0.147. The largest absolute Gasteiger partial charge is 0.457 e. The Labute approximate surface area is 110 Å². The van der Waals surface area contributed by atoms with E-state index in [2.05, 4.69) is 20.4 Å². The quantitative estimate of drug-likeness (QED) is 0.471. The molecule has 0 aromatic carbocycles. The van der Waals surface area contributed by atoms with Crippen LogP contribution in [-0.4, -0.2) is 38.0 Å². The maximum absolute atomic E-state index is 11.2. The zero-order chi connectivity index (χ0) is 14.1. The number of esters is 1. The lowest BCUT2D eigenvalue weighted by Gasteiger charge is -2.18. The summed E-state index contributed by atoms with van der Waals surface area (Å²) in [5.41, 5.74) is 0.398. The van der Waals surface area contributed by atoms with Gasteiger partial charge in [0.2, 0.25) is 0 Å². The van der Waals surface area contributed by atoms with E-state index in [0.717, 1.165) is 6.61 Å². The van der Waals surface area contributed by atoms with Gasteiger partial charge in [0.05, 0.1) is 19.3 Å². The van der Waals surface area contributed by atoms with Crippen LogP contribution >= 0.6 is 0 Å². The van der Waals surface area contributed by atoms with Crippen LogP contribution in [0.25, 0.3) is 0 Å². The lowest BCUT2D eigenvalue weighted by atomic mass is 10.2. The van der Waals surface area contributed by atoms with E-state index in [1.807, 2.05) is 6.92 Å². The molecule has 106 valence electrons. The molecular weight excluding hydrogens is 232 g/mol. The van der Waals surface area contributed by atoms with Gasteiger partial charge in [0.1, 0.15) is 6.10 Å². The van der Waals surface area contributed by atoms with E-state index in [9.17, 15) is 4.79 Å². The first-order valence-corrected chi connectivity index (χ1v) is 6.38. The fourth-order valence-electron chi connectivity index (χ4n) is 1.13. The first-order valence-electron chi connectivity index (χ1n) is 6.38. The van der Waals surface area contributed by atoms with Crippen molar-refractivity contribution in [2.45, 2.75) is 46.8 Å². The summed E-state index contributed by atoms with van der Waals surface area (Å²) in [6, 6.07) is 0. The predicted molar refractivity (Wildman–Crippen MR) is 71.4 cm³/mol. The SMILES string of the molecule is C=C(C)C(=O)OC(C)COC(C)COCC(C)C. The molecule has 2 unspecified atom stereocenters. The van der Waals surface area contributed by atoms with Gasteiger partial charge in [0.25, 0.3) is 0 Å². The Balaban J connectivity index is 3.68. The summed E-state index contributed by atoms with van der Waals surface area (Å²) in [5.74, 6) is 0.141. The minimum absolute atomic E-state index is 0.00488. The molecule has 2 atom stereocenters. The van der Waals surface area contributed by atoms with E-state index in [4.69, 9.17) is 14.2 Å². The first-order chi connectivity index (χ1) is 8.32. The Morgan fingerprint density at radius 1 is 1.06 bits per heavy atom. The summed E-state index contributed by atoms with van der Waals surface area (Å²) >= 11 is 0. The molecule has 0 rings (SSSR count). The standard InChI is InChI=1S/C14H26O4/c1-10(2)7-16-8-12(5)17-9-13(6)18-14(15)11(3)4/h10,12-13H,3,7-9H2,1-2,4-6H3. The molecule has 0 aromatic rings. The Kier molecular flexibility index (Phi) is 8.67. The number of hydrogen-bond donors (Lipinski definition) is 0. The topological polar surface area (TPSA) is 44.8 Å². The number of carbonyl (C=O) groups is 1. The number of rotatable bonds is 9. The van der Waals surface area contributed by atoms with Crippen molar-refractivity contribution in [3.8, 4) is 0 Å². The normalized spacial score (nSPS) is 14.3. The van der Waals surface area contributed by atoms with Crippen molar-refractivity contribution in [3.63, 3.8) is 0 Å². The number of carbonyl (C=O) groups excluding carboxylic acids is 1. The Bertz CT molecular complexity index is 261. The maximum Gasteiger partial charge on any atom is 0.333 e. The van der Waals surface area contributed by atoms with Gasteiger partial charge in [-0.05, 0) is 26.7 Å². The Hall–Kier alpha value is -0.870. The van der Waals surface area contributed by atoms with Crippen molar-refractivity contribution in [3.05, 3.63) is 12.2 Å². The molecule has 18 heavy (non-hydrogen) atoms. The highest BCUT2D eigenvalue weighted by molar-refractivity contribution is 5.87. The predicted octanol–water partition coefficient (Wildman–Crippen LogP) is 2.57. The van der Waals surface area contributed by atoms with Crippen molar-refractivity contribution in [2.24, 2.45) is 5.92 Å². The molecule has 0 spiro atoms. The van der Waals surface area contributed by atoms with Crippen LogP contribution in [-0.2, 0) is 19.0 Å². The Morgan fingerprint density at radius 3 is 2.17 bits per heavy atom. The Morgan fingerprint density at radius 2 is 1.67 bits per heavy atom. The van der Waals surface area contributed by atoms with Crippen molar-refractivity contribution in [1.82, 2.24) is 0 Å². The van der Waals surface area contributed by atoms with Gasteiger partial charge in [-0.3, -0.25) is 0 Å². The van der Waals surface area contributed by atoms with Crippen molar-refractivity contribution in [2.75, 3.05) is 19.8 Å². The van der Waals surface area contributed by atoms with Gasteiger partial charge in [-0.1, -0.05) is 20.4 Å². The molecule has 0 amide bonds. The highest BCUT2D eigenvalue weighted by atomic mass is 16.6. The molecule has 0 aliphatic rings. The van der Waals surface area contributed by atoms with E-state index in [-0.39, 0.29) is 18.2 Å². The highest BCUT2D eigenvalue weighted by Gasteiger charge is 2.12. The van der Waals surface area contributed by atoms with Gasteiger partial charge in [0, 0.05) is 12.2 Å². The molecule has 0 saturated carbocycles. The minimum atomic E-state index is -0.380. The molecule has 0 saturated heterocycles. The molecule has 0 bridgehead atoms. The van der Waals surface area contributed by atoms with Crippen LogP contribution in [0.1, 0.15) is 34.6 Å². The molecule has 4 nitrogen and oxygen atoms in total. The van der Waals surface area contributed by atoms with E-state index < -0.39 is 0 Å². The molecule has 4 heteroatoms. The number of hydrogen-bond acceptors (Lipinski definition) is 4. The fourth-order valence-corrected chi connectivity index (χ4v) is 1.13. The van der Waals surface area contributed by atoms with Gasteiger partial charge < -0.3 is 14.2 Å². The van der Waals surface area contributed by atoms with E-state index in [1.54, 1.807) is 13.8 Å².